The summed E-state index contributed by atoms with van der Waals surface area (Å²) in [6, 6.07) is 4.57. The molecule has 2 fully saturated rings. The third-order valence-corrected chi connectivity index (χ3v) is 4.49. The Kier molecular flexibility index (Phi) is 4.06. The molecule has 5 heteroatoms. The van der Waals surface area contributed by atoms with Gasteiger partial charge in [0.15, 0.2) is 5.78 Å². The monoisotopic (exact) mass is 297 g/mol. The summed E-state index contributed by atoms with van der Waals surface area (Å²) in [5.74, 6) is -0.399. The lowest BCUT2D eigenvalue weighted by molar-refractivity contribution is -0.137. The molecule has 2 heterocycles. The molecule has 2 atom stereocenters. The number of halogens is 2. The van der Waals surface area contributed by atoms with E-state index in [4.69, 9.17) is 16.3 Å². The number of hydrogen-bond donors (Lipinski definition) is 0. The molecule has 2 saturated heterocycles. The van der Waals surface area contributed by atoms with Crippen LogP contribution in [0, 0.1) is 5.82 Å². The number of rotatable bonds is 3. The van der Waals surface area contributed by atoms with Crippen LogP contribution >= 0.6 is 11.6 Å². The average Bonchev–Trinajstić information content (AvgIpc) is 2.90. The topological polar surface area (TPSA) is 29.5 Å². The first-order chi connectivity index (χ1) is 9.63. The number of Topliss-reactive ketones (excluding diaryl/α,β-unsaturated/α-hetero) is 1. The van der Waals surface area contributed by atoms with E-state index in [1.54, 1.807) is 0 Å². The summed E-state index contributed by atoms with van der Waals surface area (Å²) in [6.07, 6.45) is 2.03. The van der Waals surface area contributed by atoms with E-state index in [1.807, 2.05) is 0 Å². The lowest BCUT2D eigenvalue weighted by Crippen LogP contribution is -2.49. The van der Waals surface area contributed by atoms with Crippen LogP contribution in [0.4, 0.5) is 4.39 Å². The van der Waals surface area contributed by atoms with Crippen LogP contribution in [0.25, 0.3) is 0 Å². The number of nitrogens with zero attached hydrogens (tertiary/aromatic N) is 1. The number of ether oxygens (including phenoxy) is 1. The smallest absolute Gasteiger partial charge is 0.167 e. The Hall–Kier alpha value is -0.970. The number of benzene rings is 1. The van der Waals surface area contributed by atoms with Crippen LogP contribution in [0.15, 0.2) is 18.2 Å². The molecule has 1 aromatic carbocycles. The van der Waals surface area contributed by atoms with E-state index >= 15 is 0 Å². The highest BCUT2D eigenvalue weighted by Gasteiger charge is 2.35. The molecule has 1 aromatic rings. The Balaban J connectivity index is 1.65. The minimum atomic E-state index is -0.413. The highest BCUT2D eigenvalue weighted by atomic mass is 35.5. The molecule has 0 radical (unpaired) electrons. The largest absolute Gasteiger partial charge is 0.367 e. The van der Waals surface area contributed by atoms with Gasteiger partial charge in [-0.15, -0.1) is 0 Å². The predicted octanol–water partition coefficient (Wildman–Crippen LogP) is 2.45. The molecule has 2 unspecified atom stereocenters. The van der Waals surface area contributed by atoms with Crippen molar-refractivity contribution in [2.45, 2.75) is 31.4 Å². The maximum Gasteiger partial charge on any atom is 0.167 e. The van der Waals surface area contributed by atoms with Crippen molar-refractivity contribution in [3.63, 3.8) is 0 Å². The number of fused-ring (bicyclic) bond motifs is 1. The number of morpholine rings is 1. The Labute approximate surface area is 122 Å². The summed E-state index contributed by atoms with van der Waals surface area (Å²) < 4.78 is 18.9. The molecule has 0 N–H and O–H groups in total. The molecular formula is C15H17ClFNO2. The van der Waals surface area contributed by atoms with Crippen molar-refractivity contribution in [3.05, 3.63) is 34.6 Å². The molecule has 3 nitrogen and oxygen atoms in total. The molecule has 0 amide bonds. The third-order valence-electron chi connectivity index (χ3n) is 4.12. The summed E-state index contributed by atoms with van der Waals surface area (Å²) >= 11 is 6.00. The van der Waals surface area contributed by atoms with Crippen molar-refractivity contribution in [1.29, 1.82) is 0 Å². The van der Waals surface area contributed by atoms with E-state index in [0.29, 0.717) is 29.8 Å². The highest BCUT2D eigenvalue weighted by molar-refractivity contribution is 6.31. The quantitative estimate of drug-likeness (QED) is 0.858. The zero-order valence-electron chi connectivity index (χ0n) is 11.1. The van der Waals surface area contributed by atoms with Crippen molar-refractivity contribution < 1.29 is 13.9 Å². The minimum absolute atomic E-state index is 0.0251. The van der Waals surface area contributed by atoms with E-state index in [1.165, 1.54) is 24.6 Å². The first kappa shape index (κ1) is 14.0. The van der Waals surface area contributed by atoms with Crippen LogP contribution in [0.5, 0.6) is 0 Å². The summed E-state index contributed by atoms with van der Waals surface area (Å²) in [5.41, 5.74) is 0.531. The number of carbonyl (C=O) groups is 1. The van der Waals surface area contributed by atoms with Crippen LogP contribution in [-0.2, 0) is 16.0 Å². The zero-order chi connectivity index (χ0) is 14.1. The SMILES string of the molecule is O=C(Cc1cc(F)ccc1Cl)C1CN2CCCC2CO1. The second-order valence-electron chi connectivity index (χ2n) is 5.49. The molecule has 0 bridgehead atoms. The van der Waals surface area contributed by atoms with Gasteiger partial charge in [0.1, 0.15) is 11.9 Å². The van der Waals surface area contributed by atoms with Gasteiger partial charge in [-0.1, -0.05) is 11.6 Å². The van der Waals surface area contributed by atoms with Gasteiger partial charge in [0.2, 0.25) is 0 Å². The summed E-state index contributed by atoms with van der Waals surface area (Å²) in [7, 11) is 0. The lowest BCUT2D eigenvalue weighted by Gasteiger charge is -2.34. The standard InChI is InChI=1S/C15H17ClFNO2/c16-13-4-3-11(17)6-10(13)7-14(19)15-8-18-5-1-2-12(18)9-20-15/h3-4,6,12,15H,1-2,5,7-9H2. The van der Waals surface area contributed by atoms with Crippen LogP contribution < -0.4 is 0 Å². The second kappa shape index (κ2) is 5.80. The summed E-state index contributed by atoms with van der Waals surface area (Å²) in [6.45, 7) is 2.31. The third kappa shape index (κ3) is 2.87. The normalized spacial score (nSPS) is 26.5. The highest BCUT2D eigenvalue weighted by Crippen LogP contribution is 2.24. The van der Waals surface area contributed by atoms with Gasteiger partial charge in [0.25, 0.3) is 0 Å². The van der Waals surface area contributed by atoms with Gasteiger partial charge in [0, 0.05) is 24.0 Å². The van der Waals surface area contributed by atoms with Crippen molar-refractivity contribution in [1.82, 2.24) is 4.90 Å². The molecule has 0 aromatic heterocycles. The fraction of sp³-hybridized carbons (Fsp3) is 0.533. The summed E-state index contributed by atoms with van der Waals surface area (Å²) in [5, 5.41) is 0.426. The van der Waals surface area contributed by atoms with E-state index in [0.717, 1.165) is 13.0 Å². The van der Waals surface area contributed by atoms with Gasteiger partial charge >= 0.3 is 0 Å². The lowest BCUT2D eigenvalue weighted by atomic mass is 10.0. The van der Waals surface area contributed by atoms with E-state index in [-0.39, 0.29) is 18.0 Å². The van der Waals surface area contributed by atoms with E-state index in [2.05, 4.69) is 4.90 Å². The fourth-order valence-corrected chi connectivity index (χ4v) is 3.18. The Bertz CT molecular complexity index is 523. The molecule has 0 spiro atoms. The van der Waals surface area contributed by atoms with E-state index < -0.39 is 6.10 Å². The maximum absolute atomic E-state index is 13.2. The molecule has 2 aliphatic heterocycles. The van der Waals surface area contributed by atoms with Crippen LogP contribution in [0.2, 0.25) is 5.02 Å². The van der Waals surface area contributed by atoms with Crippen LogP contribution in [-0.4, -0.2) is 42.5 Å². The minimum Gasteiger partial charge on any atom is -0.367 e. The molecule has 3 rings (SSSR count). The van der Waals surface area contributed by atoms with Crippen molar-refractivity contribution in [2.75, 3.05) is 19.7 Å². The van der Waals surface area contributed by atoms with Gasteiger partial charge in [-0.05, 0) is 43.1 Å². The van der Waals surface area contributed by atoms with Gasteiger partial charge in [-0.25, -0.2) is 4.39 Å². The Morgan fingerprint density at radius 1 is 1.50 bits per heavy atom. The van der Waals surface area contributed by atoms with Crippen molar-refractivity contribution >= 4 is 17.4 Å². The number of hydrogen-bond acceptors (Lipinski definition) is 3. The first-order valence-electron chi connectivity index (χ1n) is 6.96. The van der Waals surface area contributed by atoms with Crippen molar-refractivity contribution in [3.8, 4) is 0 Å². The molecular weight excluding hydrogens is 281 g/mol. The van der Waals surface area contributed by atoms with Gasteiger partial charge in [-0.2, -0.15) is 0 Å². The Morgan fingerprint density at radius 3 is 3.20 bits per heavy atom. The second-order valence-corrected chi connectivity index (χ2v) is 5.90. The molecule has 2 aliphatic rings. The van der Waals surface area contributed by atoms with Gasteiger partial charge in [0.05, 0.1) is 6.61 Å². The zero-order valence-corrected chi connectivity index (χ0v) is 11.9. The molecule has 0 saturated carbocycles. The first-order valence-corrected chi connectivity index (χ1v) is 7.33. The van der Waals surface area contributed by atoms with Gasteiger partial charge < -0.3 is 4.74 Å². The predicted molar refractivity (Wildman–Crippen MR) is 74.5 cm³/mol. The molecule has 108 valence electrons. The number of carbonyl (C=O) groups excluding carboxylic acids is 1. The van der Waals surface area contributed by atoms with Gasteiger partial charge in [-0.3, -0.25) is 9.69 Å². The van der Waals surface area contributed by atoms with Crippen LogP contribution in [0.3, 0.4) is 0 Å². The average molecular weight is 298 g/mol. The maximum atomic E-state index is 13.2. The Morgan fingerprint density at radius 2 is 2.35 bits per heavy atom. The summed E-state index contributed by atoms with van der Waals surface area (Å²) in [4.78, 5) is 14.6. The molecule has 0 aliphatic carbocycles. The van der Waals surface area contributed by atoms with Crippen LogP contribution in [0.1, 0.15) is 18.4 Å². The molecule has 20 heavy (non-hydrogen) atoms. The van der Waals surface area contributed by atoms with Crippen molar-refractivity contribution in [2.24, 2.45) is 0 Å². The fourth-order valence-electron chi connectivity index (χ4n) is 2.99. The van der Waals surface area contributed by atoms with E-state index in [9.17, 15) is 9.18 Å². The number of ketones is 1.